The molecule has 0 aliphatic heterocycles. The van der Waals surface area contributed by atoms with E-state index in [4.69, 9.17) is 4.42 Å². The molecule has 1 aromatic carbocycles. The van der Waals surface area contributed by atoms with Gasteiger partial charge in [0.1, 0.15) is 5.76 Å². The molecule has 3 amide bonds. The Morgan fingerprint density at radius 3 is 2.86 bits per heavy atom. The third-order valence-electron chi connectivity index (χ3n) is 4.20. The van der Waals surface area contributed by atoms with Gasteiger partial charge in [-0.25, -0.2) is 9.48 Å². The van der Waals surface area contributed by atoms with Crippen molar-refractivity contribution in [3.63, 3.8) is 0 Å². The fraction of sp³-hybridized carbons (Fsp3) is 0.278. The topological polar surface area (TPSA) is 127 Å². The van der Waals surface area contributed by atoms with Crippen LogP contribution in [0, 0.1) is 0 Å². The summed E-state index contributed by atoms with van der Waals surface area (Å²) in [5.74, 6) is 0.964. The van der Waals surface area contributed by atoms with Crippen LogP contribution >= 0.6 is 0 Å². The zero-order valence-electron chi connectivity index (χ0n) is 15.0. The molecule has 2 heterocycles. The van der Waals surface area contributed by atoms with Crippen LogP contribution in [-0.2, 0) is 11.3 Å². The number of hydrogen-bond acceptors (Lipinski definition) is 6. The predicted molar refractivity (Wildman–Crippen MR) is 99.1 cm³/mol. The molecule has 10 nitrogen and oxygen atoms in total. The van der Waals surface area contributed by atoms with Crippen molar-refractivity contribution in [1.82, 2.24) is 30.8 Å². The first kappa shape index (κ1) is 17.7. The van der Waals surface area contributed by atoms with Gasteiger partial charge >= 0.3 is 6.03 Å². The Kier molecular flexibility index (Phi) is 5.00. The van der Waals surface area contributed by atoms with Gasteiger partial charge in [0.05, 0.1) is 25.4 Å². The number of carbonyl (C=O) groups excluding carboxylic acids is 2. The average molecular weight is 381 g/mol. The lowest BCUT2D eigenvalue weighted by Crippen LogP contribution is -2.39. The van der Waals surface area contributed by atoms with Crippen molar-refractivity contribution in [2.75, 3.05) is 11.9 Å². The highest BCUT2D eigenvalue weighted by Crippen LogP contribution is 2.36. The van der Waals surface area contributed by atoms with E-state index in [9.17, 15) is 9.59 Å². The second-order valence-corrected chi connectivity index (χ2v) is 6.42. The number of rotatable bonds is 7. The molecule has 4 rings (SSSR count). The zero-order valence-corrected chi connectivity index (χ0v) is 15.0. The summed E-state index contributed by atoms with van der Waals surface area (Å²) in [6.45, 7) is 0.0895. The molecule has 144 valence electrons. The third kappa shape index (κ3) is 4.34. The minimum absolute atomic E-state index is 0.159. The molecule has 0 saturated heterocycles. The number of furan rings is 1. The van der Waals surface area contributed by atoms with Gasteiger partial charge in [0.15, 0.2) is 5.82 Å². The van der Waals surface area contributed by atoms with Crippen LogP contribution in [0.4, 0.5) is 10.5 Å². The Bertz CT molecular complexity index is 963. The molecular weight excluding hydrogens is 362 g/mol. The maximum absolute atomic E-state index is 12.1. The minimum atomic E-state index is -0.455. The largest absolute Gasteiger partial charge is 0.467 e. The van der Waals surface area contributed by atoms with Crippen LogP contribution in [0.25, 0.3) is 11.4 Å². The number of anilines is 1. The zero-order chi connectivity index (χ0) is 19.3. The molecule has 1 aliphatic rings. The summed E-state index contributed by atoms with van der Waals surface area (Å²) >= 11 is 0. The van der Waals surface area contributed by atoms with Gasteiger partial charge in [0.2, 0.25) is 5.91 Å². The van der Waals surface area contributed by atoms with Crippen molar-refractivity contribution >= 4 is 17.6 Å². The average Bonchev–Trinajstić information content (AvgIpc) is 3.20. The quantitative estimate of drug-likeness (QED) is 0.572. The van der Waals surface area contributed by atoms with Crippen molar-refractivity contribution in [3.05, 3.63) is 48.4 Å². The van der Waals surface area contributed by atoms with E-state index in [-0.39, 0.29) is 19.0 Å². The van der Waals surface area contributed by atoms with E-state index in [1.165, 1.54) is 6.26 Å². The van der Waals surface area contributed by atoms with Crippen molar-refractivity contribution < 1.29 is 14.0 Å². The van der Waals surface area contributed by atoms with E-state index in [1.807, 2.05) is 16.8 Å². The minimum Gasteiger partial charge on any atom is -0.467 e. The Labute approximate surface area is 160 Å². The van der Waals surface area contributed by atoms with Gasteiger partial charge < -0.3 is 20.4 Å². The van der Waals surface area contributed by atoms with E-state index in [1.54, 1.807) is 24.3 Å². The van der Waals surface area contributed by atoms with Crippen LogP contribution in [0.2, 0.25) is 0 Å². The maximum atomic E-state index is 12.1. The summed E-state index contributed by atoms with van der Waals surface area (Å²) in [6, 6.07) is 10.7. The van der Waals surface area contributed by atoms with Crippen molar-refractivity contribution in [2.24, 2.45) is 0 Å². The molecule has 10 heteroatoms. The smallest absolute Gasteiger partial charge is 0.315 e. The van der Waals surface area contributed by atoms with Crippen LogP contribution in [0.5, 0.6) is 0 Å². The second kappa shape index (κ2) is 7.91. The summed E-state index contributed by atoms with van der Waals surface area (Å²) in [6.07, 6.45) is 3.67. The van der Waals surface area contributed by atoms with Gasteiger partial charge in [0.25, 0.3) is 0 Å². The van der Waals surface area contributed by atoms with Crippen LogP contribution in [-0.4, -0.2) is 38.7 Å². The summed E-state index contributed by atoms with van der Waals surface area (Å²) in [5.41, 5.74) is 1.42. The lowest BCUT2D eigenvalue weighted by atomic mass is 10.2. The fourth-order valence-electron chi connectivity index (χ4n) is 2.69. The third-order valence-corrected chi connectivity index (χ3v) is 4.20. The first-order valence-electron chi connectivity index (χ1n) is 8.91. The van der Waals surface area contributed by atoms with Crippen molar-refractivity contribution in [2.45, 2.75) is 25.4 Å². The number of carbonyl (C=O) groups is 2. The summed E-state index contributed by atoms with van der Waals surface area (Å²) in [5, 5.41) is 19.7. The number of nitrogens with one attached hydrogen (secondary N) is 3. The van der Waals surface area contributed by atoms with Gasteiger partial charge in [-0.2, -0.15) is 0 Å². The summed E-state index contributed by atoms with van der Waals surface area (Å²) < 4.78 is 6.93. The normalized spacial score (nSPS) is 13.1. The molecule has 3 aromatic rings. The molecule has 1 aliphatic carbocycles. The highest BCUT2D eigenvalue weighted by molar-refractivity contribution is 5.94. The number of benzene rings is 1. The molecule has 0 radical (unpaired) electrons. The number of amides is 3. The number of tetrazole rings is 1. The fourth-order valence-corrected chi connectivity index (χ4v) is 2.69. The van der Waals surface area contributed by atoms with E-state index in [0.29, 0.717) is 23.3 Å². The van der Waals surface area contributed by atoms with E-state index in [2.05, 4.69) is 31.5 Å². The summed E-state index contributed by atoms with van der Waals surface area (Å²) in [4.78, 5) is 23.9. The lowest BCUT2D eigenvalue weighted by Gasteiger charge is -2.09. The monoisotopic (exact) mass is 381 g/mol. The number of aromatic nitrogens is 4. The molecule has 0 atom stereocenters. The molecule has 1 fully saturated rings. The number of nitrogens with zero attached hydrogens (tertiary/aromatic N) is 4. The van der Waals surface area contributed by atoms with Crippen LogP contribution in [0.3, 0.4) is 0 Å². The van der Waals surface area contributed by atoms with Gasteiger partial charge in [-0.3, -0.25) is 4.79 Å². The second-order valence-electron chi connectivity index (χ2n) is 6.42. The van der Waals surface area contributed by atoms with Gasteiger partial charge in [-0.05, 0) is 47.5 Å². The van der Waals surface area contributed by atoms with Crippen molar-refractivity contribution in [3.8, 4) is 11.4 Å². The number of hydrogen-bond donors (Lipinski definition) is 3. The van der Waals surface area contributed by atoms with E-state index >= 15 is 0 Å². The van der Waals surface area contributed by atoms with Crippen molar-refractivity contribution in [1.29, 1.82) is 0 Å². The lowest BCUT2D eigenvalue weighted by molar-refractivity contribution is -0.115. The van der Waals surface area contributed by atoms with Gasteiger partial charge in [-0.1, -0.05) is 12.1 Å². The molecule has 28 heavy (non-hydrogen) atoms. The molecule has 2 aromatic heterocycles. The molecule has 3 N–H and O–H groups in total. The number of urea groups is 1. The Morgan fingerprint density at radius 1 is 1.18 bits per heavy atom. The van der Waals surface area contributed by atoms with Crippen LogP contribution in [0.1, 0.15) is 24.6 Å². The molecular formula is C18H19N7O3. The Hall–Kier alpha value is -3.69. The van der Waals surface area contributed by atoms with Crippen LogP contribution in [0.15, 0.2) is 47.1 Å². The first-order valence-corrected chi connectivity index (χ1v) is 8.91. The Morgan fingerprint density at radius 2 is 2.07 bits per heavy atom. The first-order chi connectivity index (χ1) is 13.7. The summed E-state index contributed by atoms with van der Waals surface area (Å²) in [7, 11) is 0. The van der Waals surface area contributed by atoms with Crippen LogP contribution < -0.4 is 16.0 Å². The molecule has 0 unspecified atom stereocenters. The SMILES string of the molecule is O=C(CNC(=O)NCc1ccco1)Nc1cccc(-c2nnnn2C2CC2)c1. The standard InChI is InChI=1S/C18H19N7O3/c26-16(11-20-18(27)19-10-15-5-2-8-28-15)21-13-4-1-3-12(9-13)17-22-23-24-25(17)14-6-7-14/h1-5,8-9,14H,6-7,10-11H2,(H,21,26)(H2,19,20,27). The highest BCUT2D eigenvalue weighted by Gasteiger charge is 2.28. The Balaban J connectivity index is 1.29. The van der Waals surface area contributed by atoms with Gasteiger partial charge in [-0.15, -0.1) is 5.10 Å². The maximum Gasteiger partial charge on any atom is 0.315 e. The predicted octanol–water partition coefficient (Wildman–Crippen LogP) is 1.71. The van der Waals surface area contributed by atoms with E-state index in [0.717, 1.165) is 18.4 Å². The highest BCUT2D eigenvalue weighted by atomic mass is 16.3. The molecule has 0 spiro atoms. The molecule has 0 bridgehead atoms. The van der Waals surface area contributed by atoms with Gasteiger partial charge in [0, 0.05) is 11.3 Å². The van der Waals surface area contributed by atoms with E-state index < -0.39 is 6.03 Å². The molecule has 1 saturated carbocycles.